The number of rotatable bonds is 4. The molecule has 6 heteroatoms. The molecule has 1 atom stereocenters. The number of aryl methyl sites for hydroxylation is 4. The summed E-state index contributed by atoms with van der Waals surface area (Å²) in [6.45, 7) is 8.13. The van der Waals surface area contributed by atoms with Gasteiger partial charge in [-0.1, -0.05) is 63.5 Å². The summed E-state index contributed by atoms with van der Waals surface area (Å²) in [5.74, 6) is 0. The molecule has 0 fully saturated rings. The second kappa shape index (κ2) is 8.24. The first-order valence-corrected chi connectivity index (χ1v) is 12.4. The maximum absolute atomic E-state index is 13.6. The molecule has 3 aromatic rings. The van der Waals surface area contributed by atoms with Gasteiger partial charge in [-0.05, 0) is 68.7 Å². The molecule has 160 valence electrons. The summed E-state index contributed by atoms with van der Waals surface area (Å²) in [5.41, 5.74) is 7.18. The van der Waals surface area contributed by atoms with Crippen molar-refractivity contribution in [2.75, 3.05) is 0 Å². The van der Waals surface area contributed by atoms with Gasteiger partial charge in [-0.25, -0.2) is 0 Å². The van der Waals surface area contributed by atoms with Gasteiger partial charge in [0.1, 0.15) is 0 Å². The summed E-state index contributed by atoms with van der Waals surface area (Å²) < 4.78 is 29.5. The van der Waals surface area contributed by atoms with Crippen LogP contribution < -0.4 is 0 Å². The first kappa shape index (κ1) is 21.8. The lowest BCUT2D eigenvalue weighted by molar-refractivity contribution is 0.371. The molecule has 0 bridgehead atoms. The first-order valence-electron chi connectivity index (χ1n) is 10.2. The Morgan fingerprint density at radius 1 is 0.871 bits per heavy atom. The van der Waals surface area contributed by atoms with Crippen molar-refractivity contribution in [1.29, 1.82) is 0 Å². The minimum atomic E-state index is -3.80. The molecule has 3 aromatic carbocycles. The van der Waals surface area contributed by atoms with Crippen LogP contribution in [-0.4, -0.2) is 18.5 Å². The maximum atomic E-state index is 13.6. The molecule has 4 nitrogen and oxygen atoms in total. The van der Waals surface area contributed by atoms with Gasteiger partial charge in [-0.3, -0.25) is 0 Å². The second-order valence-corrected chi connectivity index (χ2v) is 10.9. The molecule has 0 amide bonds. The number of sulfonamides is 1. The van der Waals surface area contributed by atoms with Gasteiger partial charge >= 0.3 is 0 Å². The molecule has 0 saturated heterocycles. The number of benzene rings is 3. The van der Waals surface area contributed by atoms with Gasteiger partial charge in [-0.15, -0.1) is 0 Å². The number of hydrogen-bond acceptors (Lipinski definition) is 3. The van der Waals surface area contributed by atoms with Gasteiger partial charge in [0.2, 0.25) is 0 Å². The van der Waals surface area contributed by atoms with Crippen LogP contribution in [0.5, 0.6) is 0 Å². The standard InChI is InChI=1S/C25H25BrN2O2S/c1-16-5-11-22(12-6-16)31(29,30)28-24(20-7-9-21(26)10-8-20)15-23(27-28)25-18(3)13-17(2)14-19(25)4/h5-14,24H,15H2,1-4H3/t24-/m0/s1. The van der Waals surface area contributed by atoms with Crippen LogP contribution in [0.4, 0.5) is 0 Å². The van der Waals surface area contributed by atoms with Gasteiger partial charge in [0.25, 0.3) is 10.0 Å². The summed E-state index contributed by atoms with van der Waals surface area (Å²) in [7, 11) is -3.80. The lowest BCUT2D eigenvalue weighted by atomic mass is 9.92. The molecule has 0 unspecified atom stereocenters. The highest BCUT2D eigenvalue weighted by molar-refractivity contribution is 9.10. The van der Waals surface area contributed by atoms with E-state index in [2.05, 4.69) is 48.8 Å². The third-order valence-corrected chi connectivity index (χ3v) is 7.88. The van der Waals surface area contributed by atoms with Crippen molar-refractivity contribution in [2.24, 2.45) is 5.10 Å². The number of hydrogen-bond donors (Lipinski definition) is 0. The SMILES string of the molecule is Cc1ccc(S(=O)(=O)N2N=C(c3c(C)cc(C)cc3C)C[C@H]2c2ccc(Br)cc2)cc1. The average molecular weight is 497 g/mol. The number of hydrazone groups is 1. The van der Waals surface area contributed by atoms with Gasteiger partial charge in [0.15, 0.2) is 0 Å². The molecule has 0 aliphatic carbocycles. The summed E-state index contributed by atoms with van der Waals surface area (Å²) in [6, 6.07) is 18.6. The van der Waals surface area contributed by atoms with E-state index in [0.717, 1.165) is 38.0 Å². The molecule has 31 heavy (non-hydrogen) atoms. The van der Waals surface area contributed by atoms with E-state index < -0.39 is 16.1 Å². The van der Waals surface area contributed by atoms with E-state index >= 15 is 0 Å². The Morgan fingerprint density at radius 3 is 2.03 bits per heavy atom. The lowest BCUT2D eigenvalue weighted by Gasteiger charge is -2.23. The second-order valence-electron chi connectivity index (χ2n) is 8.18. The monoisotopic (exact) mass is 496 g/mol. The van der Waals surface area contributed by atoms with Crippen LogP contribution in [0.15, 0.2) is 75.1 Å². The highest BCUT2D eigenvalue weighted by Crippen LogP contribution is 2.38. The predicted molar refractivity (Wildman–Crippen MR) is 129 cm³/mol. The highest BCUT2D eigenvalue weighted by atomic mass is 79.9. The Kier molecular flexibility index (Phi) is 5.79. The molecule has 0 radical (unpaired) electrons. The van der Waals surface area contributed by atoms with Crippen molar-refractivity contribution < 1.29 is 8.42 Å². The van der Waals surface area contributed by atoms with E-state index in [1.54, 1.807) is 12.1 Å². The summed E-state index contributed by atoms with van der Waals surface area (Å²) in [5, 5.41) is 4.71. The zero-order valence-electron chi connectivity index (χ0n) is 18.1. The average Bonchev–Trinajstić information content (AvgIpc) is 3.14. The van der Waals surface area contributed by atoms with Crippen LogP contribution in [0.3, 0.4) is 0 Å². The summed E-state index contributed by atoms with van der Waals surface area (Å²) in [6.07, 6.45) is 0.525. The molecule has 0 saturated carbocycles. The van der Waals surface area contributed by atoms with Crippen molar-refractivity contribution in [2.45, 2.75) is 45.1 Å². The molecular formula is C25H25BrN2O2S. The van der Waals surface area contributed by atoms with Crippen LogP contribution in [0, 0.1) is 27.7 Å². The molecule has 1 heterocycles. The Labute approximate surface area is 192 Å². The molecule has 0 aromatic heterocycles. The fourth-order valence-electron chi connectivity index (χ4n) is 4.25. The molecule has 4 rings (SSSR count). The first-order chi connectivity index (χ1) is 14.7. The topological polar surface area (TPSA) is 49.7 Å². The van der Waals surface area contributed by atoms with Gasteiger partial charge in [0.05, 0.1) is 16.6 Å². The quantitative estimate of drug-likeness (QED) is 0.430. The van der Waals surface area contributed by atoms with Crippen molar-refractivity contribution in [3.05, 3.63) is 98.5 Å². The van der Waals surface area contributed by atoms with Crippen LogP contribution in [0.2, 0.25) is 0 Å². The fraction of sp³-hybridized carbons (Fsp3) is 0.240. The Bertz CT molecular complexity index is 1240. The van der Waals surface area contributed by atoms with Crippen LogP contribution in [-0.2, 0) is 10.0 Å². The van der Waals surface area contributed by atoms with Crippen molar-refractivity contribution in [3.8, 4) is 0 Å². The van der Waals surface area contributed by atoms with Gasteiger partial charge in [-0.2, -0.15) is 17.9 Å². The van der Waals surface area contributed by atoms with Crippen LogP contribution in [0.1, 0.15) is 45.8 Å². The minimum absolute atomic E-state index is 0.252. The van der Waals surface area contributed by atoms with E-state index in [-0.39, 0.29) is 4.90 Å². The van der Waals surface area contributed by atoms with Crippen molar-refractivity contribution in [1.82, 2.24) is 4.41 Å². The fourth-order valence-corrected chi connectivity index (χ4v) is 5.95. The molecule has 0 N–H and O–H groups in total. The normalized spacial score (nSPS) is 16.5. The predicted octanol–water partition coefficient (Wildman–Crippen LogP) is 6.22. The van der Waals surface area contributed by atoms with E-state index in [9.17, 15) is 8.42 Å². The van der Waals surface area contributed by atoms with E-state index in [1.165, 1.54) is 9.98 Å². The summed E-state index contributed by atoms with van der Waals surface area (Å²) in [4.78, 5) is 0.252. The molecular weight excluding hydrogens is 472 g/mol. The van der Waals surface area contributed by atoms with Gasteiger partial charge in [0, 0.05) is 16.5 Å². The zero-order chi connectivity index (χ0) is 22.3. The van der Waals surface area contributed by atoms with Crippen LogP contribution in [0.25, 0.3) is 0 Å². The smallest absolute Gasteiger partial charge is 0.200 e. The largest absolute Gasteiger partial charge is 0.279 e. The molecule has 1 aliphatic rings. The van der Waals surface area contributed by atoms with Crippen molar-refractivity contribution >= 4 is 31.7 Å². The minimum Gasteiger partial charge on any atom is -0.200 e. The van der Waals surface area contributed by atoms with Crippen molar-refractivity contribution in [3.63, 3.8) is 0 Å². The Hall–Kier alpha value is -2.44. The van der Waals surface area contributed by atoms with Crippen LogP contribution >= 0.6 is 15.9 Å². The third kappa shape index (κ3) is 4.19. The van der Waals surface area contributed by atoms with E-state index in [4.69, 9.17) is 5.10 Å². The third-order valence-electron chi connectivity index (χ3n) is 5.66. The molecule has 0 spiro atoms. The summed E-state index contributed by atoms with van der Waals surface area (Å²) >= 11 is 3.47. The number of halogens is 1. The van der Waals surface area contributed by atoms with E-state index in [1.807, 2.05) is 43.3 Å². The zero-order valence-corrected chi connectivity index (χ0v) is 20.5. The number of nitrogens with zero attached hydrogens (tertiary/aromatic N) is 2. The lowest BCUT2D eigenvalue weighted by Crippen LogP contribution is -2.27. The Morgan fingerprint density at radius 2 is 1.45 bits per heavy atom. The highest BCUT2D eigenvalue weighted by Gasteiger charge is 2.38. The van der Waals surface area contributed by atoms with Gasteiger partial charge < -0.3 is 0 Å². The van der Waals surface area contributed by atoms with E-state index in [0.29, 0.717) is 6.42 Å². The molecule has 1 aliphatic heterocycles. The Balaban J connectivity index is 1.85. The maximum Gasteiger partial charge on any atom is 0.279 e.